The molecular weight excluding hydrogens is 578 g/mol. The Bertz CT molecular complexity index is 1190. The standard InChI is InChI=1S/C28H35N3O5S.C6H14O/c1-28(2,3)36-27(34)30-22(14-20-10-6-4-7-11-20)16-25(32)24(15-21-12-8-5-9-13-21)31-26(33)35-18-23-17-29-19-37-23;1-3-5-6(7)4-2/h4-13,17,19,22,24-25,32H,14-16,18H2,1-3H3,(H,30,34)(H,31,33);6-7H,3-5H2,1-2H3/t22-,24-,25-;/m0./s1. The molecule has 0 radical (unpaired) electrons. The molecule has 3 rings (SSSR count). The Morgan fingerprint density at radius 2 is 1.52 bits per heavy atom. The lowest BCUT2D eigenvalue weighted by Gasteiger charge is -2.29. The van der Waals surface area contributed by atoms with E-state index >= 15 is 0 Å². The zero-order chi connectivity index (χ0) is 32.4. The van der Waals surface area contributed by atoms with Crippen LogP contribution in [-0.4, -0.2) is 57.3 Å². The highest BCUT2D eigenvalue weighted by Crippen LogP contribution is 2.16. The molecule has 0 aliphatic rings. The van der Waals surface area contributed by atoms with E-state index in [1.54, 1.807) is 32.5 Å². The zero-order valence-electron chi connectivity index (χ0n) is 26.6. The summed E-state index contributed by atoms with van der Waals surface area (Å²) in [6.07, 6.45) is 3.45. The van der Waals surface area contributed by atoms with Gasteiger partial charge < -0.3 is 30.3 Å². The molecule has 4 atom stereocenters. The largest absolute Gasteiger partial charge is 0.444 e. The first-order valence-corrected chi connectivity index (χ1v) is 16.1. The van der Waals surface area contributed by atoms with Crippen LogP contribution in [0.25, 0.3) is 0 Å². The first-order valence-electron chi connectivity index (χ1n) is 15.2. The number of nitrogens with zero attached hydrogens (tertiary/aromatic N) is 1. The molecule has 3 aromatic rings. The number of carbonyl (C=O) groups is 2. The van der Waals surface area contributed by atoms with Gasteiger partial charge in [0.1, 0.15) is 12.2 Å². The van der Waals surface area contributed by atoms with E-state index in [2.05, 4.69) is 22.5 Å². The van der Waals surface area contributed by atoms with Gasteiger partial charge in [0, 0.05) is 12.2 Å². The molecule has 0 saturated heterocycles. The van der Waals surface area contributed by atoms with Crippen LogP contribution in [0.15, 0.2) is 72.4 Å². The van der Waals surface area contributed by atoms with E-state index in [9.17, 15) is 14.7 Å². The zero-order valence-corrected chi connectivity index (χ0v) is 27.4. The van der Waals surface area contributed by atoms with E-state index in [1.165, 1.54) is 11.3 Å². The maximum absolute atomic E-state index is 12.6. The molecule has 0 bridgehead atoms. The number of hydrogen-bond acceptors (Lipinski definition) is 8. The third-order valence-corrected chi connectivity index (χ3v) is 7.31. The number of alkyl carbamates (subject to hydrolysis) is 2. The van der Waals surface area contributed by atoms with Gasteiger partial charge in [-0.15, -0.1) is 11.3 Å². The van der Waals surface area contributed by atoms with Crippen molar-refractivity contribution in [3.63, 3.8) is 0 Å². The lowest BCUT2D eigenvalue weighted by Crippen LogP contribution is -2.49. The number of amides is 2. The SMILES string of the molecule is CC(C)(C)OC(=O)N[C@@H](Cc1ccccc1)C[C@H](O)[C@H](Cc1ccccc1)NC(=O)OCc1cncs1.CCCC(O)CC. The minimum Gasteiger partial charge on any atom is -0.444 e. The third kappa shape index (κ3) is 15.8. The summed E-state index contributed by atoms with van der Waals surface area (Å²) in [5, 5.41) is 25.9. The van der Waals surface area contributed by atoms with E-state index in [4.69, 9.17) is 14.6 Å². The molecule has 1 unspecified atom stereocenters. The van der Waals surface area contributed by atoms with Gasteiger partial charge in [-0.1, -0.05) is 80.9 Å². The van der Waals surface area contributed by atoms with Crippen molar-refractivity contribution < 1.29 is 29.3 Å². The number of rotatable bonds is 14. The normalized spacial score (nSPS) is 13.8. The van der Waals surface area contributed by atoms with Gasteiger partial charge in [0.2, 0.25) is 0 Å². The van der Waals surface area contributed by atoms with Crippen molar-refractivity contribution in [2.45, 2.75) is 110 Å². The quantitative estimate of drug-likeness (QED) is 0.162. The predicted octanol–water partition coefficient (Wildman–Crippen LogP) is 6.43. The van der Waals surface area contributed by atoms with Gasteiger partial charge in [-0.3, -0.25) is 4.98 Å². The second kappa shape index (κ2) is 19.7. The van der Waals surface area contributed by atoms with Crippen LogP contribution in [0.1, 0.15) is 76.3 Å². The summed E-state index contributed by atoms with van der Waals surface area (Å²) in [5.41, 5.74) is 2.98. The molecule has 9 nitrogen and oxygen atoms in total. The topological polar surface area (TPSA) is 130 Å². The van der Waals surface area contributed by atoms with E-state index in [1.807, 2.05) is 67.6 Å². The minimum atomic E-state index is -0.972. The van der Waals surface area contributed by atoms with Crippen molar-refractivity contribution in [3.8, 4) is 0 Å². The molecule has 2 aromatic carbocycles. The van der Waals surface area contributed by atoms with E-state index in [0.717, 1.165) is 35.3 Å². The molecule has 242 valence electrons. The van der Waals surface area contributed by atoms with E-state index in [-0.39, 0.29) is 19.1 Å². The molecule has 0 saturated carbocycles. The van der Waals surface area contributed by atoms with Gasteiger partial charge in [-0.25, -0.2) is 9.59 Å². The summed E-state index contributed by atoms with van der Waals surface area (Å²) in [5.74, 6) is 0. The number of aromatic nitrogens is 1. The maximum atomic E-state index is 12.6. The number of ether oxygens (including phenoxy) is 2. The Balaban J connectivity index is 0.000000860. The summed E-state index contributed by atoms with van der Waals surface area (Å²) in [6, 6.07) is 18.2. The second-order valence-corrected chi connectivity index (χ2v) is 12.6. The highest BCUT2D eigenvalue weighted by molar-refractivity contribution is 7.09. The number of carbonyl (C=O) groups excluding carboxylic acids is 2. The number of aliphatic hydroxyl groups excluding tert-OH is 2. The lowest BCUT2D eigenvalue weighted by atomic mass is 9.94. The van der Waals surface area contributed by atoms with Gasteiger partial charge in [0.15, 0.2) is 0 Å². The highest BCUT2D eigenvalue weighted by Gasteiger charge is 2.28. The van der Waals surface area contributed by atoms with Crippen LogP contribution in [0.2, 0.25) is 0 Å². The predicted molar refractivity (Wildman–Crippen MR) is 175 cm³/mol. The molecule has 0 spiro atoms. The minimum absolute atomic E-state index is 0.0509. The van der Waals surface area contributed by atoms with Gasteiger partial charge in [-0.2, -0.15) is 0 Å². The fraction of sp³-hybridized carbons (Fsp3) is 0.500. The van der Waals surface area contributed by atoms with Crippen molar-refractivity contribution in [2.24, 2.45) is 0 Å². The summed E-state index contributed by atoms with van der Waals surface area (Å²) in [7, 11) is 0. The number of thiazole rings is 1. The van der Waals surface area contributed by atoms with Crippen LogP contribution in [0.4, 0.5) is 9.59 Å². The number of benzene rings is 2. The van der Waals surface area contributed by atoms with Gasteiger partial charge in [0.25, 0.3) is 0 Å². The van der Waals surface area contributed by atoms with Crippen LogP contribution in [0, 0.1) is 0 Å². The van der Waals surface area contributed by atoms with Crippen molar-refractivity contribution in [3.05, 3.63) is 88.4 Å². The monoisotopic (exact) mass is 627 g/mol. The third-order valence-electron chi connectivity index (χ3n) is 6.56. The lowest BCUT2D eigenvalue weighted by molar-refractivity contribution is 0.0463. The molecular formula is C34H49N3O6S. The van der Waals surface area contributed by atoms with Crippen molar-refractivity contribution in [1.29, 1.82) is 0 Å². The van der Waals surface area contributed by atoms with Crippen LogP contribution in [0.3, 0.4) is 0 Å². The fourth-order valence-electron chi connectivity index (χ4n) is 4.35. The van der Waals surface area contributed by atoms with Crippen LogP contribution in [0.5, 0.6) is 0 Å². The molecule has 0 fully saturated rings. The van der Waals surface area contributed by atoms with Crippen LogP contribution in [-0.2, 0) is 28.9 Å². The van der Waals surface area contributed by atoms with Gasteiger partial charge >= 0.3 is 12.2 Å². The average Bonchev–Trinajstić information content (AvgIpc) is 3.50. The Morgan fingerprint density at radius 3 is 2.02 bits per heavy atom. The first kappa shape index (κ1) is 36.7. The molecule has 10 heteroatoms. The molecule has 2 amide bonds. The average molecular weight is 628 g/mol. The smallest absolute Gasteiger partial charge is 0.407 e. The van der Waals surface area contributed by atoms with Crippen molar-refractivity contribution in [1.82, 2.24) is 15.6 Å². The van der Waals surface area contributed by atoms with E-state index in [0.29, 0.717) is 12.8 Å². The number of aliphatic hydroxyl groups is 2. The molecule has 44 heavy (non-hydrogen) atoms. The Kier molecular flexibility index (Phi) is 16.5. The highest BCUT2D eigenvalue weighted by atomic mass is 32.1. The van der Waals surface area contributed by atoms with Gasteiger partial charge in [-0.05, 0) is 64.0 Å². The van der Waals surface area contributed by atoms with Crippen LogP contribution >= 0.6 is 11.3 Å². The summed E-state index contributed by atoms with van der Waals surface area (Å²) in [6.45, 7) is 9.57. The molecule has 0 aliphatic heterocycles. The number of nitrogens with one attached hydrogen (secondary N) is 2. The summed E-state index contributed by atoms with van der Waals surface area (Å²) < 4.78 is 10.8. The number of hydrogen-bond donors (Lipinski definition) is 4. The Morgan fingerprint density at radius 1 is 0.909 bits per heavy atom. The van der Waals surface area contributed by atoms with Crippen molar-refractivity contribution in [2.75, 3.05) is 0 Å². The summed E-state index contributed by atoms with van der Waals surface area (Å²) >= 11 is 1.39. The molecule has 0 aliphatic carbocycles. The Hall–Kier alpha value is -3.47. The Labute approximate surface area is 266 Å². The second-order valence-electron chi connectivity index (χ2n) is 11.7. The van der Waals surface area contributed by atoms with E-state index < -0.39 is 36.0 Å². The first-order chi connectivity index (χ1) is 21.0. The molecule has 4 N–H and O–H groups in total. The molecule has 1 heterocycles. The van der Waals surface area contributed by atoms with Crippen molar-refractivity contribution >= 4 is 23.5 Å². The molecule has 1 aromatic heterocycles. The maximum Gasteiger partial charge on any atom is 0.407 e. The van der Waals surface area contributed by atoms with Crippen LogP contribution < -0.4 is 10.6 Å². The summed E-state index contributed by atoms with van der Waals surface area (Å²) in [4.78, 5) is 30.0. The fourth-order valence-corrected chi connectivity index (χ4v) is 4.86. The van der Waals surface area contributed by atoms with Gasteiger partial charge in [0.05, 0.1) is 28.6 Å².